The van der Waals surface area contributed by atoms with Gasteiger partial charge >= 0.3 is 18.0 Å². The number of likely N-dealkylation sites (tertiary alicyclic amines) is 1. The number of halogens is 8. The maximum absolute atomic E-state index is 15.0. The second kappa shape index (κ2) is 11.0. The summed E-state index contributed by atoms with van der Waals surface area (Å²) in [5.74, 6) is -0.321. The SMILES string of the molecule is O=C(c1ccc(-c2nnco2)cc1)N1CC[C@@]2(S(=O)(=O)c3ccc(I)cc3)c3ccc(C(F)(C(F)(F)F)C(F)(F)F)cc3CC[C@@H]12. The monoisotopic (exact) mass is 779 g/mol. The minimum absolute atomic E-state index is 0.0696. The quantitative estimate of drug-likeness (QED) is 0.158. The number of carbonyl (C=O) groups is 1. The highest BCUT2D eigenvalue weighted by Crippen LogP contribution is 2.56. The summed E-state index contributed by atoms with van der Waals surface area (Å²) in [7, 11) is -4.44. The molecule has 0 radical (unpaired) electrons. The van der Waals surface area contributed by atoms with Gasteiger partial charge in [-0.2, -0.15) is 26.3 Å². The molecule has 16 heteroatoms. The normalized spacial score (nSPS) is 20.3. The van der Waals surface area contributed by atoms with E-state index in [1.807, 2.05) is 22.6 Å². The zero-order valence-corrected chi connectivity index (χ0v) is 26.2. The van der Waals surface area contributed by atoms with Crippen molar-refractivity contribution in [1.82, 2.24) is 15.1 Å². The molecule has 6 rings (SSSR count). The Hall–Kier alpha value is -3.54. The molecule has 0 N–H and O–H groups in total. The summed E-state index contributed by atoms with van der Waals surface area (Å²) < 4.78 is 130. The van der Waals surface area contributed by atoms with E-state index >= 15 is 4.39 Å². The van der Waals surface area contributed by atoms with Crippen LogP contribution in [0, 0.1) is 3.57 Å². The molecular formula is C30H21F7IN3O4S. The lowest BCUT2D eigenvalue weighted by atomic mass is 9.76. The number of benzene rings is 3. The minimum atomic E-state index is -6.34. The molecule has 0 unspecified atom stereocenters. The van der Waals surface area contributed by atoms with E-state index in [0.717, 1.165) is 12.5 Å². The Labute approximate surface area is 270 Å². The molecular weight excluding hydrogens is 758 g/mol. The molecule has 7 nitrogen and oxygen atoms in total. The molecule has 2 heterocycles. The number of sulfone groups is 1. The van der Waals surface area contributed by atoms with E-state index in [-0.39, 0.29) is 53.3 Å². The number of nitrogens with zero attached hydrogens (tertiary/aromatic N) is 3. The molecule has 0 saturated carbocycles. The van der Waals surface area contributed by atoms with E-state index in [1.165, 1.54) is 29.2 Å². The summed E-state index contributed by atoms with van der Waals surface area (Å²) in [6, 6.07) is 12.5. The number of hydrogen-bond acceptors (Lipinski definition) is 6. The van der Waals surface area contributed by atoms with E-state index in [4.69, 9.17) is 4.42 Å². The molecule has 2 aliphatic rings. The number of fused-ring (bicyclic) bond motifs is 3. The summed E-state index contributed by atoms with van der Waals surface area (Å²) in [6.45, 7) is -0.0855. The maximum atomic E-state index is 15.0. The van der Waals surface area contributed by atoms with E-state index in [1.54, 1.807) is 24.3 Å². The zero-order valence-electron chi connectivity index (χ0n) is 23.2. The number of alkyl halides is 7. The highest BCUT2D eigenvalue weighted by molar-refractivity contribution is 14.1. The highest BCUT2D eigenvalue weighted by atomic mass is 127. The zero-order chi connectivity index (χ0) is 33.3. The topological polar surface area (TPSA) is 93.4 Å². The van der Waals surface area contributed by atoms with Crippen LogP contribution in [-0.4, -0.2) is 54.4 Å². The second-order valence-electron chi connectivity index (χ2n) is 11.0. The maximum Gasteiger partial charge on any atom is 0.435 e. The van der Waals surface area contributed by atoms with E-state index < -0.39 is 50.1 Å². The number of rotatable bonds is 5. The van der Waals surface area contributed by atoms with Crippen LogP contribution in [0.2, 0.25) is 0 Å². The first-order valence-corrected chi connectivity index (χ1v) is 16.2. The Bertz CT molecular complexity index is 1880. The van der Waals surface area contributed by atoms with Crippen molar-refractivity contribution >= 4 is 38.3 Å². The average molecular weight is 779 g/mol. The number of aryl methyl sites for hydroxylation is 1. The Morgan fingerprint density at radius 3 is 2.17 bits per heavy atom. The van der Waals surface area contributed by atoms with Crippen molar-refractivity contribution in [2.75, 3.05) is 6.54 Å². The molecule has 4 aromatic rings. The van der Waals surface area contributed by atoms with E-state index in [2.05, 4.69) is 10.2 Å². The van der Waals surface area contributed by atoms with Gasteiger partial charge in [0.25, 0.3) is 5.91 Å². The van der Waals surface area contributed by atoms with Gasteiger partial charge in [-0.3, -0.25) is 4.79 Å². The number of hydrogen-bond donors (Lipinski definition) is 0. The van der Waals surface area contributed by atoms with Gasteiger partial charge in [0.05, 0.1) is 10.9 Å². The summed E-state index contributed by atoms with van der Waals surface area (Å²) in [5, 5.41) is 7.41. The molecule has 2 atom stereocenters. The second-order valence-corrected chi connectivity index (χ2v) is 14.4. The lowest BCUT2D eigenvalue weighted by Crippen LogP contribution is -2.53. The summed E-state index contributed by atoms with van der Waals surface area (Å²) >= 11 is 1.98. The van der Waals surface area contributed by atoms with Crippen LogP contribution >= 0.6 is 22.6 Å². The van der Waals surface area contributed by atoms with Crippen molar-refractivity contribution in [2.45, 2.75) is 53.0 Å². The van der Waals surface area contributed by atoms with Gasteiger partial charge in [0.1, 0.15) is 4.75 Å². The fraction of sp³-hybridized carbons (Fsp3) is 0.300. The average Bonchev–Trinajstić information content (AvgIpc) is 3.69. The van der Waals surface area contributed by atoms with Gasteiger partial charge in [-0.25, -0.2) is 12.8 Å². The molecule has 1 aromatic heterocycles. The third-order valence-electron chi connectivity index (χ3n) is 8.67. The third-order valence-corrected chi connectivity index (χ3v) is 11.9. The molecule has 46 heavy (non-hydrogen) atoms. The van der Waals surface area contributed by atoms with Crippen molar-refractivity contribution in [3.05, 3.63) is 98.9 Å². The van der Waals surface area contributed by atoms with Crippen LogP contribution in [0.25, 0.3) is 11.5 Å². The molecule has 1 aliphatic carbocycles. The molecule has 1 saturated heterocycles. The van der Waals surface area contributed by atoms with Gasteiger partial charge in [-0.1, -0.05) is 18.2 Å². The fourth-order valence-corrected chi connectivity index (χ4v) is 9.24. The van der Waals surface area contributed by atoms with Crippen LogP contribution in [0.5, 0.6) is 0 Å². The fourth-order valence-electron chi connectivity index (χ4n) is 6.52. The number of aromatic nitrogens is 2. The molecule has 242 valence electrons. The van der Waals surface area contributed by atoms with Gasteiger partial charge in [-0.15, -0.1) is 10.2 Å². The predicted molar refractivity (Wildman–Crippen MR) is 157 cm³/mol. The van der Waals surface area contributed by atoms with E-state index in [9.17, 15) is 39.6 Å². The molecule has 0 bridgehead atoms. The van der Waals surface area contributed by atoms with Crippen molar-refractivity contribution < 1.29 is 48.4 Å². The molecule has 1 amide bonds. The van der Waals surface area contributed by atoms with Crippen LogP contribution in [0.4, 0.5) is 30.7 Å². The van der Waals surface area contributed by atoms with Gasteiger partial charge in [-0.05, 0) is 102 Å². The molecule has 1 aliphatic heterocycles. The standard InChI is InChI=1S/C30H21F7IN3O4S/c31-28(29(32,33)34,30(35,36)37)20-6-11-23-19(15-20)5-12-24-27(23,46(43,44)22-9-7-21(38)8-10-22)13-14-41(24)26(42)18-3-1-17(2-4-18)25-40-39-16-45-25/h1-4,6-11,15-16,24H,5,12-14H2/t24-,27-/m1/s1. The first-order valence-electron chi connectivity index (χ1n) is 13.7. The van der Waals surface area contributed by atoms with E-state index in [0.29, 0.717) is 21.3 Å². The number of carbonyl (C=O) groups excluding carboxylic acids is 1. The minimum Gasteiger partial charge on any atom is -0.423 e. The largest absolute Gasteiger partial charge is 0.435 e. The van der Waals surface area contributed by atoms with Crippen molar-refractivity contribution in [2.24, 2.45) is 0 Å². The smallest absolute Gasteiger partial charge is 0.423 e. The summed E-state index contributed by atoms with van der Waals surface area (Å²) in [5.41, 5.74) is -6.89. The Morgan fingerprint density at radius 1 is 0.935 bits per heavy atom. The Balaban J connectivity index is 1.47. The first-order chi connectivity index (χ1) is 21.5. The first kappa shape index (κ1) is 32.4. The Morgan fingerprint density at radius 2 is 1.59 bits per heavy atom. The van der Waals surface area contributed by atoms with Gasteiger partial charge in [0.2, 0.25) is 12.3 Å². The summed E-state index contributed by atoms with van der Waals surface area (Å²) in [4.78, 5) is 15.1. The van der Waals surface area contributed by atoms with Crippen molar-refractivity contribution in [3.63, 3.8) is 0 Å². The van der Waals surface area contributed by atoms with Gasteiger partial charge in [0.15, 0.2) is 9.84 Å². The van der Waals surface area contributed by atoms with Crippen molar-refractivity contribution in [3.8, 4) is 11.5 Å². The molecule has 0 spiro atoms. The summed E-state index contributed by atoms with van der Waals surface area (Å²) in [6.07, 6.45) is -12.1. The third kappa shape index (κ3) is 4.81. The van der Waals surface area contributed by atoms with Gasteiger partial charge in [0, 0.05) is 26.8 Å². The van der Waals surface area contributed by atoms with Gasteiger partial charge < -0.3 is 9.32 Å². The lowest BCUT2D eigenvalue weighted by Gasteiger charge is -2.43. The van der Waals surface area contributed by atoms with Crippen molar-refractivity contribution in [1.29, 1.82) is 0 Å². The van der Waals surface area contributed by atoms with Crippen LogP contribution in [-0.2, 0) is 26.7 Å². The van der Waals surface area contributed by atoms with Crippen LogP contribution < -0.4 is 0 Å². The van der Waals surface area contributed by atoms with Crippen LogP contribution in [0.3, 0.4) is 0 Å². The number of amides is 1. The predicted octanol–water partition coefficient (Wildman–Crippen LogP) is 7.16. The highest BCUT2D eigenvalue weighted by Gasteiger charge is 2.73. The molecule has 1 fully saturated rings. The van der Waals surface area contributed by atoms with Crippen LogP contribution in [0.15, 0.2) is 82.4 Å². The van der Waals surface area contributed by atoms with Crippen LogP contribution in [0.1, 0.15) is 39.9 Å². The molecule has 3 aromatic carbocycles. The lowest BCUT2D eigenvalue weighted by molar-refractivity contribution is -0.348. The Kier molecular flexibility index (Phi) is 7.77.